The molecule has 1 aliphatic heterocycles. The summed E-state index contributed by atoms with van der Waals surface area (Å²) in [6.45, 7) is 9.49. The third-order valence-electron chi connectivity index (χ3n) is 6.11. The molecule has 3 rings (SSSR count). The summed E-state index contributed by atoms with van der Waals surface area (Å²) < 4.78 is 8.28. The van der Waals surface area contributed by atoms with Crippen molar-refractivity contribution in [1.29, 1.82) is 0 Å². The number of aryl methyl sites for hydroxylation is 1. The van der Waals surface area contributed by atoms with Crippen molar-refractivity contribution in [2.75, 3.05) is 32.8 Å². The number of carbonyl (C=O) groups excluding carboxylic acids is 2. The van der Waals surface area contributed by atoms with Crippen LogP contribution in [0, 0.1) is 0 Å². The average molecular weight is 431 g/mol. The van der Waals surface area contributed by atoms with E-state index in [-0.39, 0.29) is 36.6 Å². The number of fused-ring (bicyclic) bond motifs is 1. The van der Waals surface area contributed by atoms with Crippen LogP contribution in [0.3, 0.4) is 0 Å². The number of amides is 1. The van der Waals surface area contributed by atoms with Crippen LogP contribution in [0.2, 0.25) is 0 Å². The Balaban J connectivity index is 1.82. The lowest BCUT2D eigenvalue weighted by Crippen LogP contribution is -2.45. The number of hydrogen-bond acceptors (Lipinski definition) is 5. The molecule has 1 saturated heterocycles. The number of aromatic nitrogens is 2. The third-order valence-corrected chi connectivity index (χ3v) is 6.11. The van der Waals surface area contributed by atoms with E-state index in [0.717, 1.165) is 37.0 Å². The highest BCUT2D eigenvalue weighted by Crippen LogP contribution is 2.19. The van der Waals surface area contributed by atoms with Gasteiger partial charge in [0.1, 0.15) is 6.54 Å². The molecule has 0 N–H and O–H groups in total. The van der Waals surface area contributed by atoms with E-state index >= 15 is 0 Å². The first-order chi connectivity index (χ1) is 15.0. The number of esters is 1. The highest BCUT2D eigenvalue weighted by molar-refractivity contribution is 5.81. The van der Waals surface area contributed by atoms with E-state index in [1.54, 1.807) is 21.0 Å². The Morgan fingerprint density at radius 1 is 1.10 bits per heavy atom. The first kappa shape index (κ1) is 23.1. The molecule has 0 bridgehead atoms. The van der Waals surface area contributed by atoms with Gasteiger partial charge in [-0.25, -0.2) is 4.79 Å². The zero-order valence-electron chi connectivity index (χ0n) is 18.9. The van der Waals surface area contributed by atoms with Crippen molar-refractivity contribution < 1.29 is 14.3 Å². The molecule has 170 valence electrons. The fourth-order valence-electron chi connectivity index (χ4n) is 4.52. The molecule has 1 aromatic carbocycles. The van der Waals surface area contributed by atoms with Crippen LogP contribution in [0.15, 0.2) is 29.1 Å². The number of hydrogen-bond donors (Lipinski definition) is 0. The molecule has 8 nitrogen and oxygen atoms in total. The lowest BCUT2D eigenvalue weighted by Gasteiger charge is -2.30. The lowest BCUT2D eigenvalue weighted by molar-refractivity contribution is -0.144. The Labute approximate surface area is 183 Å². The topological polar surface area (TPSA) is 76.8 Å². The van der Waals surface area contributed by atoms with Crippen molar-refractivity contribution >= 4 is 22.9 Å². The summed E-state index contributed by atoms with van der Waals surface area (Å²) in [7, 11) is 0. The zero-order valence-corrected chi connectivity index (χ0v) is 18.9. The van der Waals surface area contributed by atoms with Gasteiger partial charge in [-0.2, -0.15) is 0 Å². The minimum Gasteiger partial charge on any atom is -0.466 e. The number of imidazole rings is 1. The van der Waals surface area contributed by atoms with Gasteiger partial charge in [0.05, 0.1) is 24.1 Å². The van der Waals surface area contributed by atoms with Gasteiger partial charge >= 0.3 is 11.7 Å². The minimum absolute atomic E-state index is 0.0337. The van der Waals surface area contributed by atoms with Crippen molar-refractivity contribution in [3.05, 3.63) is 34.7 Å². The number of para-hydroxylation sites is 2. The minimum atomic E-state index is -0.307. The SMILES string of the molecule is CCOC(=O)CCN(CC1CCCN1CC)C(=O)Cn1c(=O)n(CC)c2ccccc21. The van der Waals surface area contributed by atoms with Gasteiger partial charge in [-0.3, -0.25) is 23.6 Å². The number of likely N-dealkylation sites (N-methyl/N-ethyl adjacent to an activating group) is 1. The van der Waals surface area contributed by atoms with Crippen LogP contribution in [0.1, 0.15) is 40.0 Å². The number of ether oxygens (including phenoxy) is 1. The van der Waals surface area contributed by atoms with E-state index in [1.807, 2.05) is 31.2 Å². The van der Waals surface area contributed by atoms with Crippen molar-refractivity contribution in [3.8, 4) is 0 Å². The van der Waals surface area contributed by atoms with Gasteiger partial charge in [0, 0.05) is 25.7 Å². The predicted octanol–water partition coefficient (Wildman–Crippen LogP) is 2.09. The molecule has 1 atom stereocenters. The second-order valence-electron chi connectivity index (χ2n) is 7.92. The van der Waals surface area contributed by atoms with Crippen molar-refractivity contribution in [3.63, 3.8) is 0 Å². The Kier molecular flexibility index (Phi) is 7.90. The number of nitrogens with zero attached hydrogens (tertiary/aromatic N) is 4. The maximum absolute atomic E-state index is 13.3. The van der Waals surface area contributed by atoms with Gasteiger partial charge in [0.15, 0.2) is 0 Å². The average Bonchev–Trinajstić information content (AvgIpc) is 3.33. The second-order valence-corrected chi connectivity index (χ2v) is 7.92. The maximum Gasteiger partial charge on any atom is 0.329 e. The van der Waals surface area contributed by atoms with E-state index in [4.69, 9.17) is 4.74 Å². The van der Waals surface area contributed by atoms with Gasteiger partial charge in [-0.05, 0) is 51.9 Å². The zero-order chi connectivity index (χ0) is 22.4. The molecular formula is C23H34N4O4. The van der Waals surface area contributed by atoms with E-state index in [9.17, 15) is 14.4 Å². The Morgan fingerprint density at radius 3 is 2.45 bits per heavy atom. The standard InChI is InChI=1S/C23H34N4O4/c1-4-24-14-9-10-18(24)16-25(15-13-22(29)31-6-3)21(28)17-27-20-12-8-7-11-19(20)26(5-2)23(27)30/h7-8,11-12,18H,4-6,9-10,13-17H2,1-3H3. The van der Waals surface area contributed by atoms with Crippen LogP contribution in [0.25, 0.3) is 11.0 Å². The van der Waals surface area contributed by atoms with Crippen LogP contribution < -0.4 is 5.69 Å². The van der Waals surface area contributed by atoms with Crippen molar-refractivity contribution in [2.24, 2.45) is 0 Å². The van der Waals surface area contributed by atoms with E-state index < -0.39 is 0 Å². The number of carbonyl (C=O) groups is 2. The fraction of sp³-hybridized carbons (Fsp3) is 0.609. The van der Waals surface area contributed by atoms with E-state index in [2.05, 4.69) is 11.8 Å². The molecule has 2 heterocycles. The van der Waals surface area contributed by atoms with Gasteiger partial charge < -0.3 is 9.64 Å². The van der Waals surface area contributed by atoms with Crippen molar-refractivity contribution in [2.45, 2.75) is 59.2 Å². The summed E-state index contributed by atoms with van der Waals surface area (Å²) >= 11 is 0. The van der Waals surface area contributed by atoms with Crippen molar-refractivity contribution in [1.82, 2.24) is 18.9 Å². The molecule has 31 heavy (non-hydrogen) atoms. The van der Waals surface area contributed by atoms with Crippen LogP contribution in [0.5, 0.6) is 0 Å². The first-order valence-electron chi connectivity index (χ1n) is 11.4. The number of rotatable bonds is 10. The summed E-state index contributed by atoms with van der Waals surface area (Å²) in [6.07, 6.45) is 2.30. The van der Waals surface area contributed by atoms with E-state index in [1.165, 1.54) is 0 Å². The van der Waals surface area contributed by atoms with Crippen LogP contribution in [-0.4, -0.2) is 69.6 Å². The quantitative estimate of drug-likeness (QED) is 0.540. The first-order valence-corrected chi connectivity index (χ1v) is 11.4. The highest BCUT2D eigenvalue weighted by Gasteiger charge is 2.28. The molecule has 1 fully saturated rings. The predicted molar refractivity (Wildman–Crippen MR) is 120 cm³/mol. The molecule has 1 aromatic heterocycles. The van der Waals surface area contributed by atoms with Gasteiger partial charge in [0.25, 0.3) is 0 Å². The largest absolute Gasteiger partial charge is 0.466 e. The van der Waals surface area contributed by atoms with Crippen LogP contribution >= 0.6 is 0 Å². The van der Waals surface area contributed by atoms with Gasteiger partial charge in [-0.15, -0.1) is 0 Å². The molecule has 2 aromatic rings. The molecule has 1 amide bonds. The molecule has 0 radical (unpaired) electrons. The molecule has 0 saturated carbocycles. The second kappa shape index (κ2) is 10.6. The summed E-state index contributed by atoms with van der Waals surface area (Å²) in [5, 5.41) is 0. The van der Waals surface area contributed by atoms with Gasteiger partial charge in [-0.1, -0.05) is 19.1 Å². The summed E-state index contributed by atoms with van der Waals surface area (Å²) in [6, 6.07) is 7.82. The van der Waals surface area contributed by atoms with E-state index in [0.29, 0.717) is 26.2 Å². The summed E-state index contributed by atoms with van der Waals surface area (Å²) in [5.41, 5.74) is 1.40. The monoisotopic (exact) mass is 430 g/mol. The molecule has 1 unspecified atom stereocenters. The van der Waals surface area contributed by atoms with Crippen LogP contribution in [0.4, 0.5) is 0 Å². The number of likely N-dealkylation sites (tertiary alicyclic amines) is 1. The smallest absolute Gasteiger partial charge is 0.329 e. The lowest BCUT2D eigenvalue weighted by atomic mass is 10.2. The Hall–Kier alpha value is -2.61. The fourth-order valence-corrected chi connectivity index (χ4v) is 4.52. The Morgan fingerprint density at radius 2 is 1.81 bits per heavy atom. The molecule has 1 aliphatic rings. The summed E-state index contributed by atoms with van der Waals surface area (Å²) in [5.74, 6) is -0.452. The molecule has 0 aliphatic carbocycles. The maximum atomic E-state index is 13.3. The van der Waals surface area contributed by atoms with Gasteiger partial charge in [0.2, 0.25) is 5.91 Å². The molecular weight excluding hydrogens is 396 g/mol. The number of benzene rings is 1. The summed E-state index contributed by atoms with van der Waals surface area (Å²) in [4.78, 5) is 42.3. The molecule has 8 heteroatoms. The third kappa shape index (κ3) is 5.18. The molecule has 0 spiro atoms. The normalized spacial score (nSPS) is 16.7. The highest BCUT2D eigenvalue weighted by atomic mass is 16.5. The van der Waals surface area contributed by atoms with Crippen LogP contribution in [-0.2, 0) is 27.4 Å². The Bertz CT molecular complexity index is 964.